The van der Waals surface area contributed by atoms with E-state index in [1.165, 1.54) is 11.3 Å². The number of carbonyl (C=O) groups excluding carboxylic acids is 1. The zero-order valence-corrected chi connectivity index (χ0v) is 21.8. The molecule has 0 unspecified atom stereocenters. The van der Waals surface area contributed by atoms with E-state index in [1.807, 2.05) is 56.3 Å². The number of piperidine rings is 1. The number of thiazole rings is 1. The van der Waals surface area contributed by atoms with E-state index < -0.39 is 0 Å². The molecule has 8 nitrogen and oxygen atoms in total. The molecule has 0 spiro atoms. The lowest BCUT2D eigenvalue weighted by Crippen LogP contribution is -2.39. The maximum Gasteiger partial charge on any atom is 0.275 e. The van der Waals surface area contributed by atoms with Crippen molar-refractivity contribution in [1.82, 2.24) is 15.2 Å². The number of aryl methyl sites for hydroxylation is 1. The Bertz CT molecular complexity index is 1390. The Morgan fingerprint density at radius 3 is 2.81 bits per heavy atom. The molecule has 4 aromatic rings. The summed E-state index contributed by atoms with van der Waals surface area (Å²) in [6.07, 6.45) is 5.41. The molecule has 1 saturated heterocycles. The summed E-state index contributed by atoms with van der Waals surface area (Å²) in [6, 6.07) is 13.6. The normalized spacial score (nSPS) is 15.4. The highest BCUT2D eigenvalue weighted by molar-refractivity contribution is 7.13. The number of aromatic nitrogens is 3. The van der Waals surface area contributed by atoms with Gasteiger partial charge in [-0.1, -0.05) is 18.2 Å². The van der Waals surface area contributed by atoms with E-state index in [0.717, 1.165) is 70.5 Å². The molecule has 0 radical (unpaired) electrons. The van der Waals surface area contributed by atoms with Crippen molar-refractivity contribution in [2.24, 2.45) is 11.7 Å². The van der Waals surface area contributed by atoms with Gasteiger partial charge in [0.1, 0.15) is 22.2 Å². The molecule has 190 valence electrons. The molecule has 3 heterocycles. The molecule has 1 aliphatic rings. The largest absolute Gasteiger partial charge is 0.457 e. The molecule has 37 heavy (non-hydrogen) atoms. The smallest absolute Gasteiger partial charge is 0.275 e. The highest BCUT2D eigenvalue weighted by Crippen LogP contribution is 2.40. The molecular weight excluding hydrogens is 484 g/mol. The minimum Gasteiger partial charge on any atom is -0.457 e. The first-order valence-electron chi connectivity index (χ1n) is 12.4. The lowest BCUT2D eigenvalue weighted by molar-refractivity contribution is 0.102. The van der Waals surface area contributed by atoms with Crippen LogP contribution in [0.2, 0.25) is 0 Å². The van der Waals surface area contributed by atoms with Crippen molar-refractivity contribution in [1.29, 1.82) is 0 Å². The van der Waals surface area contributed by atoms with Crippen molar-refractivity contribution >= 4 is 28.6 Å². The van der Waals surface area contributed by atoms with E-state index in [-0.39, 0.29) is 5.91 Å². The lowest BCUT2D eigenvalue weighted by atomic mass is 9.96. The third kappa shape index (κ3) is 5.47. The van der Waals surface area contributed by atoms with Crippen LogP contribution in [0.15, 0.2) is 60.2 Å². The van der Waals surface area contributed by atoms with Crippen LogP contribution in [0.25, 0.3) is 10.6 Å². The number of anilines is 2. The summed E-state index contributed by atoms with van der Waals surface area (Å²) >= 11 is 1.40. The number of nitrogens with two attached hydrogens (primary N) is 1. The van der Waals surface area contributed by atoms with Crippen molar-refractivity contribution in [3.05, 3.63) is 77.1 Å². The van der Waals surface area contributed by atoms with Crippen LogP contribution < -0.4 is 20.7 Å². The Hall–Kier alpha value is -3.82. The van der Waals surface area contributed by atoms with Crippen LogP contribution >= 0.6 is 11.3 Å². The third-order valence-electron chi connectivity index (χ3n) is 6.68. The van der Waals surface area contributed by atoms with Gasteiger partial charge in [0.05, 0.1) is 23.8 Å². The number of hydrogen-bond acceptors (Lipinski definition) is 8. The molecule has 1 aliphatic heterocycles. The second-order valence-electron chi connectivity index (χ2n) is 9.27. The van der Waals surface area contributed by atoms with Gasteiger partial charge in [-0.3, -0.25) is 4.79 Å². The fraction of sp³-hybridized carbons (Fsp3) is 0.286. The molecule has 1 fully saturated rings. The van der Waals surface area contributed by atoms with Gasteiger partial charge >= 0.3 is 0 Å². The predicted molar refractivity (Wildman–Crippen MR) is 148 cm³/mol. The SMILES string of the molecule is Cc1ccccc1Oc1ccc(NC(=O)c2csc(-c3ccnnc3)n2)c(N2CCC[C@@H](CN)C2)c1C. The maximum absolute atomic E-state index is 13.3. The van der Waals surface area contributed by atoms with E-state index in [9.17, 15) is 4.79 Å². The first-order valence-corrected chi connectivity index (χ1v) is 13.3. The van der Waals surface area contributed by atoms with E-state index >= 15 is 0 Å². The van der Waals surface area contributed by atoms with Crippen molar-refractivity contribution in [3.8, 4) is 22.1 Å². The summed E-state index contributed by atoms with van der Waals surface area (Å²) in [5, 5.41) is 13.3. The Balaban J connectivity index is 1.46. The van der Waals surface area contributed by atoms with E-state index in [0.29, 0.717) is 18.2 Å². The van der Waals surface area contributed by atoms with Crippen molar-refractivity contribution in [2.75, 3.05) is 29.9 Å². The molecule has 2 aromatic carbocycles. The van der Waals surface area contributed by atoms with Gasteiger partial charge in [-0.15, -0.1) is 11.3 Å². The molecule has 1 atom stereocenters. The Morgan fingerprint density at radius 2 is 2.03 bits per heavy atom. The van der Waals surface area contributed by atoms with Crippen LogP contribution in [-0.4, -0.2) is 40.7 Å². The van der Waals surface area contributed by atoms with Crippen LogP contribution in [0.5, 0.6) is 11.5 Å². The monoisotopic (exact) mass is 514 g/mol. The molecule has 5 rings (SSSR count). The summed E-state index contributed by atoms with van der Waals surface area (Å²) in [5.41, 5.74) is 11.0. The van der Waals surface area contributed by atoms with Crippen LogP contribution in [0, 0.1) is 19.8 Å². The number of amides is 1. The quantitative estimate of drug-likeness (QED) is 0.338. The van der Waals surface area contributed by atoms with Crippen LogP contribution in [-0.2, 0) is 0 Å². The highest BCUT2D eigenvalue weighted by Gasteiger charge is 2.25. The average Bonchev–Trinajstić information content (AvgIpc) is 3.43. The number of nitrogens with zero attached hydrogens (tertiary/aromatic N) is 4. The first kappa shape index (κ1) is 24.9. The van der Waals surface area contributed by atoms with Crippen LogP contribution in [0.4, 0.5) is 11.4 Å². The molecule has 2 aromatic heterocycles. The number of hydrogen-bond donors (Lipinski definition) is 2. The zero-order chi connectivity index (χ0) is 25.8. The standard InChI is InChI=1S/C28H30N6O2S/c1-18-6-3-4-8-24(18)36-25-10-9-22(26(19(25)2)34-13-5-7-20(14-29)16-34)32-27(35)23-17-37-28(33-23)21-11-12-30-31-15-21/h3-4,6,8-12,15,17,20H,5,7,13-14,16,29H2,1-2H3,(H,32,35)/t20-/m0/s1. The highest BCUT2D eigenvalue weighted by atomic mass is 32.1. The Labute approximate surface area is 220 Å². The van der Waals surface area contributed by atoms with Gasteiger partial charge in [0, 0.05) is 29.6 Å². The summed E-state index contributed by atoms with van der Waals surface area (Å²) in [5.74, 6) is 1.73. The minimum atomic E-state index is -0.259. The van der Waals surface area contributed by atoms with Gasteiger partial charge in [-0.25, -0.2) is 4.98 Å². The number of para-hydroxylation sites is 1. The third-order valence-corrected chi connectivity index (χ3v) is 7.57. The van der Waals surface area contributed by atoms with Gasteiger partial charge < -0.3 is 20.7 Å². The van der Waals surface area contributed by atoms with Gasteiger partial charge in [-0.2, -0.15) is 10.2 Å². The molecule has 0 saturated carbocycles. The summed E-state index contributed by atoms with van der Waals surface area (Å²) < 4.78 is 6.34. The Kier molecular flexibility index (Phi) is 7.43. The minimum absolute atomic E-state index is 0.259. The predicted octanol–water partition coefficient (Wildman–Crippen LogP) is 5.44. The van der Waals surface area contributed by atoms with Crippen molar-refractivity contribution < 1.29 is 9.53 Å². The van der Waals surface area contributed by atoms with E-state index in [2.05, 4.69) is 25.4 Å². The molecule has 9 heteroatoms. The number of benzene rings is 2. The zero-order valence-electron chi connectivity index (χ0n) is 21.0. The topological polar surface area (TPSA) is 106 Å². The summed E-state index contributed by atoms with van der Waals surface area (Å²) in [4.78, 5) is 20.1. The molecule has 1 amide bonds. The van der Waals surface area contributed by atoms with Crippen molar-refractivity contribution in [2.45, 2.75) is 26.7 Å². The lowest BCUT2D eigenvalue weighted by Gasteiger charge is -2.36. The van der Waals surface area contributed by atoms with E-state index in [4.69, 9.17) is 10.5 Å². The van der Waals surface area contributed by atoms with Crippen molar-refractivity contribution in [3.63, 3.8) is 0 Å². The summed E-state index contributed by atoms with van der Waals surface area (Å²) in [6.45, 7) is 6.44. The number of ether oxygens (including phenoxy) is 1. The molecule has 3 N–H and O–H groups in total. The number of carbonyl (C=O) groups is 1. The second-order valence-corrected chi connectivity index (χ2v) is 10.1. The number of nitrogens with one attached hydrogen (secondary N) is 1. The Morgan fingerprint density at radius 1 is 1.16 bits per heavy atom. The van der Waals surface area contributed by atoms with E-state index in [1.54, 1.807) is 17.8 Å². The first-order chi connectivity index (χ1) is 18.0. The van der Waals surface area contributed by atoms with Crippen LogP contribution in [0.3, 0.4) is 0 Å². The fourth-order valence-electron chi connectivity index (χ4n) is 4.66. The molecular formula is C28H30N6O2S. The van der Waals surface area contributed by atoms with Crippen LogP contribution in [0.1, 0.15) is 34.5 Å². The maximum atomic E-state index is 13.3. The van der Waals surface area contributed by atoms with Gasteiger partial charge in [0.15, 0.2) is 0 Å². The van der Waals surface area contributed by atoms with Gasteiger partial charge in [0.2, 0.25) is 0 Å². The molecule has 0 aliphatic carbocycles. The fourth-order valence-corrected chi connectivity index (χ4v) is 5.46. The second kappa shape index (κ2) is 11.1. The summed E-state index contributed by atoms with van der Waals surface area (Å²) in [7, 11) is 0. The van der Waals surface area contributed by atoms with Gasteiger partial charge in [-0.05, 0) is 69.0 Å². The average molecular weight is 515 g/mol. The van der Waals surface area contributed by atoms with Gasteiger partial charge in [0.25, 0.3) is 5.91 Å². The number of rotatable bonds is 7. The molecule has 0 bridgehead atoms.